The summed E-state index contributed by atoms with van der Waals surface area (Å²) in [5.41, 5.74) is 13.4. The molecule has 2 rings (SSSR count). The molecule has 1 saturated carbocycles. The Hall–Kier alpha value is -0.830. The van der Waals surface area contributed by atoms with Crippen molar-refractivity contribution in [3.05, 3.63) is 35.9 Å². The highest BCUT2D eigenvalue weighted by Gasteiger charge is 2.45. The predicted molar refractivity (Wildman–Crippen MR) is 122 cm³/mol. The number of nitrogens with two attached hydrogens (primary N) is 2. The topological polar surface area (TPSA) is 173 Å². The van der Waals surface area contributed by atoms with E-state index in [9.17, 15) is 15.3 Å². The summed E-state index contributed by atoms with van der Waals surface area (Å²) in [6, 6.07) is 8.23. The standard InChI is InChI=1S/C21H37N3O7S/c1-29-21-15(24-11-12-5-3-2-4-6-12)9-14(23)20(19(21)28)30-17(31-32)10-13(22)18(27)16(26)7-8-25/h2-6,13-21,24-28,32H,7-11,22-23H2,1H3/t13-,14?,15?,16-,17+,18?,19?,20-,21-/m1/s1. The number of ether oxygens (including phenoxy) is 2. The Morgan fingerprint density at radius 2 is 1.91 bits per heavy atom. The Balaban J connectivity index is 1.97. The summed E-state index contributed by atoms with van der Waals surface area (Å²) < 4.78 is 16.5. The number of aliphatic hydroxyl groups is 4. The highest BCUT2D eigenvalue weighted by atomic mass is 32.1. The van der Waals surface area contributed by atoms with Gasteiger partial charge >= 0.3 is 0 Å². The fourth-order valence-corrected chi connectivity index (χ4v) is 4.15. The molecule has 0 bridgehead atoms. The normalized spacial score (nSPS) is 29.9. The molecule has 1 aliphatic rings. The van der Waals surface area contributed by atoms with Crippen LogP contribution >= 0.6 is 12.9 Å². The Labute approximate surface area is 194 Å². The molecule has 0 aliphatic heterocycles. The molecule has 1 fully saturated rings. The van der Waals surface area contributed by atoms with Gasteiger partial charge in [0, 0.05) is 44.8 Å². The first kappa shape index (κ1) is 27.4. The van der Waals surface area contributed by atoms with Crippen LogP contribution in [0.15, 0.2) is 30.3 Å². The van der Waals surface area contributed by atoms with Crippen LogP contribution in [0.25, 0.3) is 0 Å². The number of benzene rings is 1. The van der Waals surface area contributed by atoms with Crippen molar-refractivity contribution in [2.45, 2.75) is 80.7 Å². The summed E-state index contributed by atoms with van der Waals surface area (Å²) in [6.45, 7) is 0.316. The number of hydrogen-bond acceptors (Lipinski definition) is 11. The molecule has 4 unspecified atom stereocenters. The lowest BCUT2D eigenvalue weighted by atomic mass is 9.83. The molecule has 0 amide bonds. The summed E-state index contributed by atoms with van der Waals surface area (Å²) in [6.07, 6.45) is -5.47. The summed E-state index contributed by atoms with van der Waals surface area (Å²) in [7, 11) is 1.51. The van der Waals surface area contributed by atoms with Crippen LogP contribution in [0.4, 0.5) is 0 Å². The number of aliphatic hydroxyl groups excluding tert-OH is 4. The van der Waals surface area contributed by atoms with E-state index >= 15 is 0 Å². The van der Waals surface area contributed by atoms with E-state index in [2.05, 4.69) is 18.2 Å². The third-order valence-corrected chi connectivity index (χ3v) is 6.09. The smallest absolute Gasteiger partial charge is 0.172 e. The number of rotatable bonds is 13. The molecule has 10 nitrogen and oxygen atoms in total. The number of hydrogen-bond donors (Lipinski definition) is 8. The molecule has 1 aromatic rings. The SMILES string of the molecule is CO[C@@H]1C(NCc2ccccc2)CC(N)[C@@H](O[C@H](C[C@@H](N)C(O)[C@H](O)CCO)OS)C1O. The summed E-state index contributed by atoms with van der Waals surface area (Å²) in [4.78, 5) is 0. The van der Waals surface area contributed by atoms with Crippen molar-refractivity contribution in [2.24, 2.45) is 11.5 Å². The molecule has 0 heterocycles. The minimum absolute atomic E-state index is 0.0127. The highest BCUT2D eigenvalue weighted by molar-refractivity contribution is 7.75. The van der Waals surface area contributed by atoms with E-state index in [1.165, 1.54) is 7.11 Å². The predicted octanol–water partition coefficient (Wildman–Crippen LogP) is -1.35. The molecule has 9 N–H and O–H groups in total. The lowest BCUT2D eigenvalue weighted by Crippen LogP contribution is -2.64. The van der Waals surface area contributed by atoms with Crippen LogP contribution in [0, 0.1) is 0 Å². The Kier molecular flexibility index (Phi) is 11.8. The van der Waals surface area contributed by atoms with Gasteiger partial charge < -0.3 is 46.7 Å². The molecule has 0 aromatic heterocycles. The van der Waals surface area contributed by atoms with Crippen molar-refractivity contribution in [3.8, 4) is 0 Å². The fourth-order valence-electron chi connectivity index (χ4n) is 4.02. The minimum Gasteiger partial charge on any atom is -0.396 e. The van der Waals surface area contributed by atoms with Crippen LogP contribution in [0.3, 0.4) is 0 Å². The maximum atomic E-state index is 10.9. The molecule has 184 valence electrons. The first-order valence-electron chi connectivity index (χ1n) is 10.7. The van der Waals surface area contributed by atoms with Gasteiger partial charge in [0.15, 0.2) is 6.29 Å². The van der Waals surface area contributed by atoms with Gasteiger partial charge in [0.25, 0.3) is 0 Å². The second-order valence-corrected chi connectivity index (χ2v) is 8.38. The van der Waals surface area contributed by atoms with Crippen LogP contribution in [-0.2, 0) is 20.2 Å². The first-order valence-corrected chi connectivity index (χ1v) is 11.1. The van der Waals surface area contributed by atoms with E-state index in [1.54, 1.807) is 0 Å². The van der Waals surface area contributed by atoms with Gasteiger partial charge in [-0.25, -0.2) is 0 Å². The van der Waals surface area contributed by atoms with Gasteiger partial charge in [-0.05, 0) is 31.3 Å². The van der Waals surface area contributed by atoms with E-state index < -0.39 is 48.9 Å². The fraction of sp³-hybridized carbons (Fsp3) is 0.714. The Bertz CT molecular complexity index is 647. The van der Waals surface area contributed by atoms with Crippen molar-refractivity contribution >= 4 is 12.9 Å². The molecular weight excluding hydrogens is 438 g/mol. The van der Waals surface area contributed by atoms with Crippen LogP contribution < -0.4 is 16.8 Å². The van der Waals surface area contributed by atoms with Crippen LogP contribution in [0.2, 0.25) is 0 Å². The zero-order valence-corrected chi connectivity index (χ0v) is 19.1. The molecule has 32 heavy (non-hydrogen) atoms. The average molecular weight is 476 g/mol. The summed E-state index contributed by atoms with van der Waals surface area (Å²) >= 11 is 3.82. The summed E-state index contributed by atoms with van der Waals surface area (Å²) in [5.74, 6) is 0. The molecule has 1 aliphatic carbocycles. The molecule has 9 atom stereocenters. The molecule has 11 heteroatoms. The van der Waals surface area contributed by atoms with Gasteiger partial charge in [-0.15, -0.1) is 0 Å². The molecule has 1 aromatic carbocycles. The third-order valence-electron chi connectivity index (χ3n) is 5.85. The van der Waals surface area contributed by atoms with Gasteiger partial charge in [-0.2, -0.15) is 0 Å². The zero-order chi connectivity index (χ0) is 23.7. The Morgan fingerprint density at radius 3 is 2.50 bits per heavy atom. The second kappa shape index (κ2) is 13.8. The largest absolute Gasteiger partial charge is 0.396 e. The number of nitrogens with one attached hydrogen (secondary N) is 1. The number of methoxy groups -OCH3 is 1. The van der Waals surface area contributed by atoms with Crippen molar-refractivity contribution < 1.29 is 34.1 Å². The van der Waals surface area contributed by atoms with Gasteiger partial charge in [0.05, 0.1) is 12.2 Å². The monoisotopic (exact) mass is 475 g/mol. The third kappa shape index (κ3) is 7.61. The second-order valence-electron chi connectivity index (χ2n) is 8.17. The maximum Gasteiger partial charge on any atom is 0.172 e. The zero-order valence-electron chi connectivity index (χ0n) is 18.2. The highest BCUT2D eigenvalue weighted by Crippen LogP contribution is 2.27. The van der Waals surface area contributed by atoms with E-state index in [1.807, 2.05) is 30.3 Å². The van der Waals surface area contributed by atoms with Gasteiger partial charge in [-0.3, -0.25) is 4.18 Å². The average Bonchev–Trinajstić information content (AvgIpc) is 2.79. The maximum absolute atomic E-state index is 10.9. The van der Waals surface area contributed by atoms with E-state index in [0.29, 0.717) is 13.0 Å². The molecule has 0 radical (unpaired) electrons. The van der Waals surface area contributed by atoms with E-state index in [0.717, 1.165) is 5.56 Å². The van der Waals surface area contributed by atoms with E-state index in [4.69, 9.17) is 30.2 Å². The van der Waals surface area contributed by atoms with Crippen molar-refractivity contribution in [1.29, 1.82) is 0 Å². The lowest BCUT2D eigenvalue weighted by Gasteiger charge is -2.44. The number of thiol groups is 1. The van der Waals surface area contributed by atoms with Crippen molar-refractivity contribution in [1.82, 2.24) is 5.32 Å². The molecule has 0 saturated heterocycles. The lowest BCUT2D eigenvalue weighted by molar-refractivity contribution is -0.198. The van der Waals surface area contributed by atoms with Crippen LogP contribution in [-0.4, -0.2) is 89.1 Å². The van der Waals surface area contributed by atoms with Crippen molar-refractivity contribution in [2.75, 3.05) is 13.7 Å². The van der Waals surface area contributed by atoms with Crippen LogP contribution in [0.5, 0.6) is 0 Å². The van der Waals surface area contributed by atoms with Gasteiger partial charge in [-0.1, -0.05) is 30.3 Å². The van der Waals surface area contributed by atoms with Gasteiger partial charge in [0.1, 0.15) is 18.3 Å². The first-order chi connectivity index (χ1) is 15.3. The quantitative estimate of drug-likeness (QED) is 0.0968. The van der Waals surface area contributed by atoms with E-state index in [-0.39, 0.29) is 25.5 Å². The van der Waals surface area contributed by atoms with Crippen molar-refractivity contribution in [3.63, 3.8) is 0 Å². The minimum atomic E-state index is -1.29. The molecular formula is C21H37N3O7S. The van der Waals surface area contributed by atoms with Crippen LogP contribution in [0.1, 0.15) is 24.8 Å². The summed E-state index contributed by atoms with van der Waals surface area (Å²) in [5, 5.41) is 43.2. The Morgan fingerprint density at radius 1 is 1.22 bits per heavy atom. The molecule has 0 spiro atoms. The van der Waals surface area contributed by atoms with Gasteiger partial charge in [0.2, 0.25) is 0 Å².